The van der Waals surface area contributed by atoms with E-state index in [1.54, 1.807) is 9.80 Å². The molecule has 5 heteroatoms. The number of phenols is 1. The Kier molecular flexibility index (Phi) is 5.26. The van der Waals surface area contributed by atoms with Gasteiger partial charge in [0.2, 0.25) is 0 Å². The molecule has 0 aliphatic carbocycles. The van der Waals surface area contributed by atoms with Crippen LogP contribution in [0.2, 0.25) is 0 Å². The van der Waals surface area contributed by atoms with E-state index in [0.29, 0.717) is 23.1 Å². The van der Waals surface area contributed by atoms with Crippen molar-refractivity contribution in [1.29, 1.82) is 0 Å². The molecule has 1 saturated heterocycles. The molecular weight excluding hydrogens is 344 g/mol. The van der Waals surface area contributed by atoms with Gasteiger partial charge in [0.25, 0.3) is 5.91 Å². The summed E-state index contributed by atoms with van der Waals surface area (Å²) in [6.07, 6.45) is 1.87. The van der Waals surface area contributed by atoms with Gasteiger partial charge in [-0.15, -0.1) is 0 Å². The summed E-state index contributed by atoms with van der Waals surface area (Å²) in [6.45, 7) is 14.9. The van der Waals surface area contributed by atoms with Crippen LogP contribution in [0.4, 0.5) is 0 Å². The second kappa shape index (κ2) is 6.69. The molecule has 1 aliphatic rings. The lowest BCUT2D eigenvalue weighted by Crippen LogP contribution is -2.30. The molecule has 0 aromatic heterocycles. The fourth-order valence-electron chi connectivity index (χ4n) is 3.13. The first kappa shape index (κ1) is 20.4. The minimum absolute atomic E-state index is 0.0808. The third kappa shape index (κ3) is 3.63. The van der Waals surface area contributed by atoms with Crippen molar-refractivity contribution in [3.63, 3.8) is 0 Å². The van der Waals surface area contributed by atoms with E-state index in [2.05, 4.69) is 41.5 Å². The summed E-state index contributed by atoms with van der Waals surface area (Å²) < 4.78 is 0. The van der Waals surface area contributed by atoms with Crippen LogP contribution >= 0.6 is 12.2 Å². The third-order valence-corrected chi connectivity index (χ3v) is 5.21. The smallest absolute Gasteiger partial charge is 0.276 e. The van der Waals surface area contributed by atoms with Crippen molar-refractivity contribution in [2.75, 3.05) is 13.6 Å². The molecule has 2 rings (SSSR count). The van der Waals surface area contributed by atoms with Crippen molar-refractivity contribution in [3.05, 3.63) is 34.5 Å². The Labute approximate surface area is 162 Å². The number of likely N-dealkylation sites (N-methyl/N-ethyl adjacent to an activating group) is 2. The van der Waals surface area contributed by atoms with Gasteiger partial charge in [-0.25, -0.2) is 0 Å². The predicted molar refractivity (Wildman–Crippen MR) is 111 cm³/mol. The standard InChI is InChI=1S/C21H30N2O2S/c1-9-23-18(25)16(22(8)19(23)26)12-13-10-14(20(2,3)4)17(24)15(11-13)21(5,6)7/h10-12,24H,9H2,1-8H3/b16-12+. The summed E-state index contributed by atoms with van der Waals surface area (Å²) >= 11 is 5.37. The molecule has 1 amide bonds. The number of aromatic hydroxyl groups is 1. The van der Waals surface area contributed by atoms with Crippen LogP contribution in [0.15, 0.2) is 17.8 Å². The van der Waals surface area contributed by atoms with E-state index in [-0.39, 0.29) is 16.7 Å². The summed E-state index contributed by atoms with van der Waals surface area (Å²) in [5.41, 5.74) is 2.78. The number of nitrogens with zero attached hydrogens (tertiary/aromatic N) is 2. The van der Waals surface area contributed by atoms with Crippen molar-refractivity contribution in [2.24, 2.45) is 0 Å². The molecule has 0 radical (unpaired) electrons. The number of hydrogen-bond donors (Lipinski definition) is 1. The zero-order valence-corrected chi connectivity index (χ0v) is 17.9. The maximum Gasteiger partial charge on any atom is 0.276 e. The van der Waals surface area contributed by atoms with Crippen LogP contribution in [0, 0.1) is 0 Å². The number of carbonyl (C=O) groups excluding carboxylic acids is 1. The topological polar surface area (TPSA) is 43.8 Å². The van der Waals surface area contributed by atoms with Crippen LogP contribution in [0.3, 0.4) is 0 Å². The molecule has 1 aromatic carbocycles. The highest BCUT2D eigenvalue weighted by atomic mass is 32.1. The fraction of sp³-hybridized carbons (Fsp3) is 0.524. The summed E-state index contributed by atoms with van der Waals surface area (Å²) in [5, 5.41) is 11.4. The van der Waals surface area contributed by atoms with Crippen LogP contribution in [0.25, 0.3) is 6.08 Å². The molecule has 0 unspecified atom stereocenters. The average molecular weight is 375 g/mol. The molecule has 142 valence electrons. The number of thiocarbonyl (C=S) groups is 1. The van der Waals surface area contributed by atoms with Crippen molar-refractivity contribution >= 4 is 29.3 Å². The highest BCUT2D eigenvalue weighted by Crippen LogP contribution is 2.40. The number of benzene rings is 1. The maximum atomic E-state index is 12.7. The van der Waals surface area contributed by atoms with Gasteiger partial charge in [0.05, 0.1) is 0 Å². The van der Waals surface area contributed by atoms with E-state index in [4.69, 9.17) is 12.2 Å². The minimum Gasteiger partial charge on any atom is -0.507 e. The monoisotopic (exact) mass is 374 g/mol. The van der Waals surface area contributed by atoms with E-state index >= 15 is 0 Å². The molecule has 0 atom stereocenters. The van der Waals surface area contributed by atoms with E-state index in [9.17, 15) is 9.90 Å². The van der Waals surface area contributed by atoms with E-state index < -0.39 is 0 Å². The van der Waals surface area contributed by atoms with Gasteiger partial charge in [0.1, 0.15) is 11.4 Å². The Morgan fingerprint density at radius 3 is 1.88 bits per heavy atom. The predicted octanol–water partition coefficient (Wildman–Crippen LogP) is 4.41. The number of phenolic OH excluding ortho intramolecular Hbond substituents is 1. The molecule has 0 bridgehead atoms. The molecule has 1 N–H and O–H groups in total. The van der Waals surface area contributed by atoms with Crippen LogP contribution in [0.5, 0.6) is 5.75 Å². The average Bonchev–Trinajstić information content (AvgIpc) is 2.69. The Bertz CT molecular complexity index is 747. The highest BCUT2D eigenvalue weighted by molar-refractivity contribution is 7.80. The summed E-state index contributed by atoms with van der Waals surface area (Å²) in [7, 11) is 1.82. The Morgan fingerprint density at radius 2 is 1.54 bits per heavy atom. The third-order valence-electron chi connectivity index (χ3n) is 4.71. The Balaban J connectivity index is 2.68. The lowest BCUT2D eigenvalue weighted by Gasteiger charge is -2.28. The largest absolute Gasteiger partial charge is 0.507 e. The molecule has 0 saturated carbocycles. The number of rotatable bonds is 2. The molecule has 4 nitrogen and oxygen atoms in total. The molecule has 0 spiro atoms. The van der Waals surface area contributed by atoms with E-state index in [1.807, 2.05) is 32.2 Å². The molecule has 26 heavy (non-hydrogen) atoms. The second-order valence-corrected chi connectivity index (χ2v) is 9.25. The normalized spacial score (nSPS) is 17.6. The SMILES string of the molecule is CCN1C(=O)/C(=C\c2cc(C(C)(C)C)c(O)c(C(C)(C)C)c2)N(C)C1=S. The van der Waals surface area contributed by atoms with Gasteiger partial charge in [-0.2, -0.15) is 0 Å². The first-order valence-corrected chi connectivity index (χ1v) is 9.39. The summed E-state index contributed by atoms with van der Waals surface area (Å²) in [6, 6.07) is 3.94. The van der Waals surface area contributed by atoms with Crippen molar-refractivity contribution in [1.82, 2.24) is 9.80 Å². The molecule has 1 aromatic rings. The quantitative estimate of drug-likeness (QED) is 0.615. The van der Waals surface area contributed by atoms with Crippen molar-refractivity contribution in [2.45, 2.75) is 59.3 Å². The van der Waals surface area contributed by atoms with Crippen LogP contribution < -0.4 is 0 Å². The Morgan fingerprint density at radius 1 is 1.08 bits per heavy atom. The van der Waals surface area contributed by atoms with Gasteiger partial charge < -0.3 is 10.0 Å². The zero-order valence-electron chi connectivity index (χ0n) is 17.1. The van der Waals surface area contributed by atoms with Crippen molar-refractivity contribution in [3.8, 4) is 5.75 Å². The van der Waals surface area contributed by atoms with Gasteiger partial charge in [0.15, 0.2) is 5.11 Å². The molecular formula is C21H30N2O2S. The maximum absolute atomic E-state index is 12.7. The van der Waals surface area contributed by atoms with Gasteiger partial charge in [0, 0.05) is 24.7 Å². The van der Waals surface area contributed by atoms with Gasteiger partial charge in [-0.3, -0.25) is 9.69 Å². The van der Waals surface area contributed by atoms with E-state index in [0.717, 1.165) is 16.7 Å². The van der Waals surface area contributed by atoms with Crippen LogP contribution in [0.1, 0.15) is 65.2 Å². The van der Waals surface area contributed by atoms with E-state index in [1.165, 1.54) is 0 Å². The first-order chi connectivity index (χ1) is 11.8. The number of carbonyl (C=O) groups is 1. The van der Waals surface area contributed by atoms with Crippen LogP contribution in [-0.4, -0.2) is 39.5 Å². The molecule has 1 heterocycles. The van der Waals surface area contributed by atoms with Crippen molar-refractivity contribution < 1.29 is 9.90 Å². The molecule has 1 fully saturated rings. The van der Waals surface area contributed by atoms with Gasteiger partial charge in [-0.1, -0.05) is 41.5 Å². The Hall–Kier alpha value is -1.88. The second-order valence-electron chi connectivity index (χ2n) is 8.89. The minimum atomic E-state index is -0.213. The number of hydrogen-bond acceptors (Lipinski definition) is 3. The highest BCUT2D eigenvalue weighted by Gasteiger charge is 2.35. The van der Waals surface area contributed by atoms with Crippen LogP contribution in [-0.2, 0) is 15.6 Å². The summed E-state index contributed by atoms with van der Waals surface area (Å²) in [4.78, 5) is 16.0. The van der Waals surface area contributed by atoms with Gasteiger partial charge >= 0.3 is 0 Å². The summed E-state index contributed by atoms with van der Waals surface area (Å²) in [5.74, 6) is 0.256. The first-order valence-electron chi connectivity index (χ1n) is 8.98. The lowest BCUT2D eigenvalue weighted by molar-refractivity contribution is -0.122. The fourth-order valence-corrected chi connectivity index (χ4v) is 3.44. The zero-order chi connectivity index (χ0) is 20.0. The number of amides is 1. The molecule has 1 aliphatic heterocycles. The van der Waals surface area contributed by atoms with Gasteiger partial charge in [-0.05, 0) is 53.7 Å². The lowest BCUT2D eigenvalue weighted by atomic mass is 9.78.